The molecular formula is C13H18F3N5O. The summed E-state index contributed by atoms with van der Waals surface area (Å²) in [6.07, 6.45) is 1.14. The Hall–Kier alpha value is -1.80. The van der Waals surface area contributed by atoms with Crippen LogP contribution in [0.2, 0.25) is 0 Å². The maximum Gasteiger partial charge on any atom is 0.405 e. The minimum absolute atomic E-state index is 0.0356. The summed E-state index contributed by atoms with van der Waals surface area (Å²) in [4.78, 5) is 13.3. The minimum Gasteiger partial charge on any atom is -0.329 e. The van der Waals surface area contributed by atoms with E-state index in [0.29, 0.717) is 19.1 Å². The number of carbonyl (C=O) groups is 1. The Bertz CT molecular complexity index is 540. The number of hydrogen-bond acceptors (Lipinski definition) is 3. The molecule has 6 nitrogen and oxygen atoms in total. The topological polar surface area (TPSA) is 63.1 Å². The SMILES string of the molecule is O=C(NCC(F)(F)F)N1CCC[C@@H](c2nncn2C2CC2)C1. The molecule has 1 aliphatic carbocycles. The van der Waals surface area contributed by atoms with Crippen LogP contribution in [0.5, 0.6) is 0 Å². The quantitative estimate of drug-likeness (QED) is 0.928. The van der Waals surface area contributed by atoms with Crippen molar-refractivity contribution in [3.05, 3.63) is 12.2 Å². The van der Waals surface area contributed by atoms with Gasteiger partial charge in [-0.2, -0.15) is 13.2 Å². The first-order valence-electron chi connectivity index (χ1n) is 7.43. The third kappa shape index (κ3) is 3.50. The third-order valence-corrected chi connectivity index (χ3v) is 4.05. The lowest BCUT2D eigenvalue weighted by atomic mass is 9.97. The number of rotatable bonds is 3. The molecule has 22 heavy (non-hydrogen) atoms. The fourth-order valence-corrected chi connectivity index (χ4v) is 2.84. The largest absolute Gasteiger partial charge is 0.405 e. The van der Waals surface area contributed by atoms with Gasteiger partial charge in [-0.1, -0.05) is 0 Å². The second-order valence-corrected chi connectivity index (χ2v) is 5.89. The van der Waals surface area contributed by atoms with Crippen LogP contribution in [0.4, 0.5) is 18.0 Å². The first kappa shape index (κ1) is 15.1. The van der Waals surface area contributed by atoms with Gasteiger partial charge in [-0.3, -0.25) is 0 Å². The van der Waals surface area contributed by atoms with Crippen LogP contribution >= 0.6 is 0 Å². The van der Waals surface area contributed by atoms with Gasteiger partial charge in [-0.25, -0.2) is 4.79 Å². The van der Waals surface area contributed by atoms with Gasteiger partial charge in [-0.05, 0) is 25.7 Å². The average Bonchev–Trinajstić information content (AvgIpc) is 3.21. The van der Waals surface area contributed by atoms with E-state index < -0.39 is 18.8 Å². The number of likely N-dealkylation sites (tertiary alicyclic amines) is 1. The van der Waals surface area contributed by atoms with E-state index in [1.807, 2.05) is 9.88 Å². The summed E-state index contributed by atoms with van der Waals surface area (Å²) in [7, 11) is 0. The third-order valence-electron chi connectivity index (χ3n) is 4.05. The molecule has 2 heterocycles. The van der Waals surface area contributed by atoms with Gasteiger partial charge < -0.3 is 14.8 Å². The van der Waals surface area contributed by atoms with Crippen molar-refractivity contribution in [3.8, 4) is 0 Å². The first-order chi connectivity index (χ1) is 10.4. The lowest BCUT2D eigenvalue weighted by molar-refractivity contribution is -0.123. The molecule has 0 unspecified atom stereocenters. The van der Waals surface area contributed by atoms with E-state index in [9.17, 15) is 18.0 Å². The van der Waals surface area contributed by atoms with Gasteiger partial charge in [0.2, 0.25) is 0 Å². The Kier molecular flexibility index (Phi) is 3.96. The van der Waals surface area contributed by atoms with Crippen molar-refractivity contribution in [1.82, 2.24) is 25.0 Å². The van der Waals surface area contributed by atoms with Crippen LogP contribution < -0.4 is 5.32 Å². The molecule has 0 radical (unpaired) electrons. The average molecular weight is 317 g/mol. The zero-order valence-electron chi connectivity index (χ0n) is 12.0. The Morgan fingerprint density at radius 3 is 2.82 bits per heavy atom. The van der Waals surface area contributed by atoms with Gasteiger partial charge in [0, 0.05) is 25.0 Å². The molecular weight excluding hydrogens is 299 g/mol. The number of aromatic nitrogens is 3. The lowest BCUT2D eigenvalue weighted by Gasteiger charge is -2.32. The van der Waals surface area contributed by atoms with Gasteiger partial charge in [0.15, 0.2) is 0 Å². The van der Waals surface area contributed by atoms with Gasteiger partial charge in [0.05, 0.1) is 0 Å². The zero-order valence-corrected chi connectivity index (χ0v) is 12.0. The summed E-state index contributed by atoms with van der Waals surface area (Å²) < 4.78 is 38.6. The second-order valence-electron chi connectivity index (χ2n) is 5.89. The van der Waals surface area contributed by atoms with Crippen LogP contribution in [-0.2, 0) is 0 Å². The highest BCUT2D eigenvalue weighted by Crippen LogP contribution is 2.38. The fraction of sp³-hybridized carbons (Fsp3) is 0.769. The predicted octanol–water partition coefficient (Wildman–Crippen LogP) is 2.06. The number of carbonyl (C=O) groups excluding carboxylic acids is 1. The van der Waals surface area contributed by atoms with Crippen LogP contribution in [0.15, 0.2) is 6.33 Å². The number of urea groups is 1. The molecule has 0 bridgehead atoms. The summed E-state index contributed by atoms with van der Waals surface area (Å²) in [5, 5.41) is 10.0. The summed E-state index contributed by atoms with van der Waals surface area (Å²) in [5.74, 6) is 0.879. The highest BCUT2D eigenvalue weighted by molar-refractivity contribution is 5.74. The van der Waals surface area contributed by atoms with E-state index in [0.717, 1.165) is 31.5 Å². The molecule has 1 aromatic heterocycles. The van der Waals surface area contributed by atoms with Gasteiger partial charge in [-0.15, -0.1) is 10.2 Å². The zero-order chi connectivity index (χ0) is 15.7. The Balaban J connectivity index is 1.61. The Morgan fingerprint density at radius 1 is 1.36 bits per heavy atom. The predicted molar refractivity (Wildman–Crippen MR) is 71.3 cm³/mol. The molecule has 2 amide bonds. The monoisotopic (exact) mass is 317 g/mol. The molecule has 1 saturated heterocycles. The summed E-state index contributed by atoms with van der Waals surface area (Å²) in [5.41, 5.74) is 0. The minimum atomic E-state index is -4.39. The molecule has 3 rings (SSSR count). The van der Waals surface area contributed by atoms with Crippen molar-refractivity contribution < 1.29 is 18.0 Å². The molecule has 122 valence electrons. The van der Waals surface area contributed by atoms with E-state index in [1.54, 1.807) is 6.33 Å². The van der Waals surface area contributed by atoms with Crippen LogP contribution in [0.3, 0.4) is 0 Å². The maximum atomic E-state index is 12.2. The standard InChI is InChI=1S/C13H18F3N5O/c14-13(15,16)7-17-12(22)20-5-1-2-9(6-20)11-19-18-8-21(11)10-3-4-10/h8-10H,1-7H2,(H,17,22)/t9-/m1/s1. The van der Waals surface area contributed by atoms with Crippen LogP contribution in [0.1, 0.15) is 43.5 Å². The van der Waals surface area contributed by atoms with Gasteiger partial charge in [0.1, 0.15) is 18.7 Å². The maximum absolute atomic E-state index is 12.2. The van der Waals surface area contributed by atoms with Crippen LogP contribution in [-0.4, -0.2) is 51.5 Å². The number of piperidine rings is 1. The Morgan fingerprint density at radius 2 is 2.14 bits per heavy atom. The van der Waals surface area contributed by atoms with E-state index >= 15 is 0 Å². The smallest absolute Gasteiger partial charge is 0.329 e. The van der Waals surface area contributed by atoms with E-state index in [-0.39, 0.29) is 5.92 Å². The molecule has 2 aliphatic rings. The number of hydrogen-bond donors (Lipinski definition) is 1. The fourth-order valence-electron chi connectivity index (χ4n) is 2.84. The van der Waals surface area contributed by atoms with Crippen molar-refractivity contribution in [1.29, 1.82) is 0 Å². The number of nitrogens with zero attached hydrogens (tertiary/aromatic N) is 4. The highest BCUT2D eigenvalue weighted by atomic mass is 19.4. The molecule has 1 aromatic rings. The van der Waals surface area contributed by atoms with Crippen molar-refractivity contribution in [3.63, 3.8) is 0 Å². The first-order valence-corrected chi connectivity index (χ1v) is 7.43. The summed E-state index contributed by atoms with van der Waals surface area (Å²) in [6.45, 7) is -0.446. The molecule has 9 heteroatoms. The molecule has 0 spiro atoms. The van der Waals surface area contributed by atoms with Crippen molar-refractivity contribution >= 4 is 6.03 Å². The van der Waals surface area contributed by atoms with Crippen molar-refractivity contribution in [2.75, 3.05) is 19.6 Å². The van der Waals surface area contributed by atoms with E-state index in [1.165, 1.54) is 4.90 Å². The summed E-state index contributed by atoms with van der Waals surface area (Å²) in [6, 6.07) is -0.223. The van der Waals surface area contributed by atoms with Crippen LogP contribution in [0.25, 0.3) is 0 Å². The lowest BCUT2D eigenvalue weighted by Crippen LogP contribution is -2.47. The number of nitrogens with one attached hydrogen (secondary N) is 1. The highest BCUT2D eigenvalue weighted by Gasteiger charge is 2.34. The van der Waals surface area contributed by atoms with Crippen molar-refractivity contribution in [2.45, 2.75) is 43.8 Å². The summed E-state index contributed by atoms with van der Waals surface area (Å²) >= 11 is 0. The van der Waals surface area contributed by atoms with Crippen LogP contribution in [0, 0.1) is 0 Å². The van der Waals surface area contributed by atoms with E-state index in [2.05, 4.69) is 10.2 Å². The molecule has 2 fully saturated rings. The number of halogens is 3. The molecule has 1 N–H and O–H groups in total. The van der Waals surface area contributed by atoms with E-state index in [4.69, 9.17) is 0 Å². The number of alkyl halides is 3. The number of amides is 2. The molecule has 1 saturated carbocycles. The normalized spacial score (nSPS) is 22.7. The molecule has 0 aromatic carbocycles. The Labute approximate surface area is 125 Å². The van der Waals surface area contributed by atoms with Gasteiger partial charge >= 0.3 is 12.2 Å². The van der Waals surface area contributed by atoms with Gasteiger partial charge in [0.25, 0.3) is 0 Å². The second kappa shape index (κ2) is 5.77. The molecule has 1 aliphatic heterocycles. The van der Waals surface area contributed by atoms with Crippen molar-refractivity contribution in [2.24, 2.45) is 0 Å². The molecule has 1 atom stereocenters.